The molecule has 0 saturated carbocycles. The lowest BCUT2D eigenvalue weighted by molar-refractivity contribution is -0.131. The van der Waals surface area contributed by atoms with E-state index in [9.17, 15) is 13.6 Å². The van der Waals surface area contributed by atoms with E-state index in [4.69, 9.17) is 10.00 Å². The van der Waals surface area contributed by atoms with Crippen LogP contribution in [0, 0.1) is 23.0 Å². The number of carbonyl (C=O) groups is 1. The number of hydrogen-bond acceptors (Lipinski definition) is 4. The lowest BCUT2D eigenvalue weighted by atomic mass is 10.1. The zero-order valence-corrected chi connectivity index (χ0v) is 13.5. The number of methoxy groups -OCH3 is 1. The highest BCUT2D eigenvalue weighted by atomic mass is 19.1. The molecule has 0 aliphatic carbocycles. The van der Waals surface area contributed by atoms with Crippen molar-refractivity contribution < 1.29 is 18.3 Å². The van der Waals surface area contributed by atoms with Crippen LogP contribution in [-0.4, -0.2) is 49.7 Å². The SMILES string of the molecule is CO[C@H]1C[C@@H](C(=O)N2CCCC2)N(c2c(F)cc(C#N)cc2F)C1. The highest BCUT2D eigenvalue weighted by molar-refractivity contribution is 5.86. The molecule has 128 valence electrons. The molecule has 5 nitrogen and oxygen atoms in total. The van der Waals surface area contributed by atoms with Gasteiger partial charge in [0.05, 0.1) is 17.7 Å². The minimum Gasteiger partial charge on any atom is -0.380 e. The minimum atomic E-state index is -0.831. The van der Waals surface area contributed by atoms with Crippen LogP contribution in [0.2, 0.25) is 0 Å². The van der Waals surface area contributed by atoms with Crippen LogP contribution in [0.1, 0.15) is 24.8 Å². The molecule has 1 aromatic rings. The van der Waals surface area contributed by atoms with Gasteiger partial charge in [-0.25, -0.2) is 8.78 Å². The van der Waals surface area contributed by atoms with Crippen molar-refractivity contribution in [3.05, 3.63) is 29.3 Å². The third-order valence-electron chi connectivity index (χ3n) is 4.73. The van der Waals surface area contributed by atoms with Crippen molar-refractivity contribution >= 4 is 11.6 Å². The van der Waals surface area contributed by atoms with E-state index in [1.807, 2.05) is 0 Å². The Morgan fingerprint density at radius 2 is 1.92 bits per heavy atom. The van der Waals surface area contributed by atoms with Crippen molar-refractivity contribution in [3.8, 4) is 6.07 Å². The van der Waals surface area contributed by atoms with E-state index < -0.39 is 17.7 Å². The van der Waals surface area contributed by atoms with Gasteiger partial charge >= 0.3 is 0 Å². The van der Waals surface area contributed by atoms with E-state index in [1.165, 1.54) is 12.0 Å². The van der Waals surface area contributed by atoms with Gasteiger partial charge in [0.15, 0.2) is 11.6 Å². The summed E-state index contributed by atoms with van der Waals surface area (Å²) < 4.78 is 34.1. The lowest BCUT2D eigenvalue weighted by Crippen LogP contribution is -2.45. The molecule has 1 aromatic carbocycles. The topological polar surface area (TPSA) is 56.6 Å². The van der Waals surface area contributed by atoms with E-state index in [-0.39, 0.29) is 29.8 Å². The summed E-state index contributed by atoms with van der Waals surface area (Å²) in [6.45, 7) is 1.60. The van der Waals surface area contributed by atoms with Gasteiger partial charge in [-0.05, 0) is 25.0 Å². The molecule has 2 aliphatic heterocycles. The number of anilines is 1. The maximum absolute atomic E-state index is 14.4. The number of nitriles is 1. The number of amides is 1. The average Bonchev–Trinajstić information content (AvgIpc) is 3.23. The Morgan fingerprint density at radius 1 is 1.29 bits per heavy atom. The summed E-state index contributed by atoms with van der Waals surface area (Å²) in [6.07, 6.45) is 2.03. The maximum atomic E-state index is 14.4. The highest BCUT2D eigenvalue weighted by Crippen LogP contribution is 2.33. The Morgan fingerprint density at radius 3 is 2.46 bits per heavy atom. The Hall–Kier alpha value is -2.20. The van der Waals surface area contributed by atoms with E-state index in [0.717, 1.165) is 25.0 Å². The van der Waals surface area contributed by atoms with Gasteiger partial charge in [-0.3, -0.25) is 4.79 Å². The average molecular weight is 335 g/mol. The first kappa shape index (κ1) is 16.7. The van der Waals surface area contributed by atoms with Crippen molar-refractivity contribution in [2.75, 3.05) is 31.6 Å². The third kappa shape index (κ3) is 2.94. The number of carbonyl (C=O) groups excluding carboxylic acids is 1. The first-order valence-electron chi connectivity index (χ1n) is 8.02. The standard InChI is InChI=1S/C17H19F2N3O2/c1-24-12-8-15(17(23)21-4-2-3-5-21)22(10-12)16-13(18)6-11(9-20)7-14(16)19/h6-7,12,15H,2-5,8,10H2,1H3/t12-,15-/m0/s1. The van der Waals surface area contributed by atoms with Crippen LogP contribution in [0.15, 0.2) is 12.1 Å². The van der Waals surface area contributed by atoms with Gasteiger partial charge in [-0.1, -0.05) is 0 Å². The molecular weight excluding hydrogens is 316 g/mol. The summed E-state index contributed by atoms with van der Waals surface area (Å²) >= 11 is 0. The molecule has 2 heterocycles. The number of likely N-dealkylation sites (tertiary alicyclic amines) is 1. The Balaban J connectivity index is 1.94. The molecule has 0 N–H and O–H groups in total. The van der Waals surface area contributed by atoms with Gasteiger partial charge in [0.2, 0.25) is 5.91 Å². The van der Waals surface area contributed by atoms with Gasteiger partial charge in [0, 0.05) is 33.2 Å². The Kier molecular flexibility index (Phi) is 4.67. The van der Waals surface area contributed by atoms with Gasteiger partial charge in [-0.2, -0.15) is 5.26 Å². The number of rotatable bonds is 3. The summed E-state index contributed by atoms with van der Waals surface area (Å²) in [4.78, 5) is 16.0. The second-order valence-corrected chi connectivity index (χ2v) is 6.19. The first-order chi connectivity index (χ1) is 11.5. The predicted molar refractivity (Wildman–Crippen MR) is 83.4 cm³/mol. The largest absolute Gasteiger partial charge is 0.380 e. The van der Waals surface area contributed by atoms with Crippen molar-refractivity contribution in [3.63, 3.8) is 0 Å². The fraction of sp³-hybridized carbons (Fsp3) is 0.529. The molecule has 24 heavy (non-hydrogen) atoms. The fourth-order valence-electron chi connectivity index (χ4n) is 3.50. The number of ether oxygens (including phenoxy) is 1. The van der Waals surface area contributed by atoms with Crippen LogP contribution in [0.4, 0.5) is 14.5 Å². The minimum absolute atomic E-state index is 0.0846. The summed E-state index contributed by atoms with van der Waals surface area (Å²) in [7, 11) is 1.52. The number of benzene rings is 1. The van der Waals surface area contributed by atoms with E-state index in [0.29, 0.717) is 19.5 Å². The van der Waals surface area contributed by atoms with Crippen molar-refractivity contribution in [1.29, 1.82) is 5.26 Å². The van der Waals surface area contributed by atoms with Gasteiger partial charge in [-0.15, -0.1) is 0 Å². The summed E-state index contributed by atoms with van der Waals surface area (Å²) in [6, 6.07) is 3.07. The van der Waals surface area contributed by atoms with Crippen LogP contribution in [0.3, 0.4) is 0 Å². The summed E-state index contributed by atoms with van der Waals surface area (Å²) in [5, 5.41) is 8.83. The molecule has 0 unspecified atom stereocenters. The van der Waals surface area contributed by atoms with Crippen LogP contribution in [0.5, 0.6) is 0 Å². The number of halogens is 2. The molecule has 0 radical (unpaired) electrons. The maximum Gasteiger partial charge on any atom is 0.245 e. The van der Waals surface area contributed by atoms with E-state index in [1.54, 1.807) is 11.0 Å². The van der Waals surface area contributed by atoms with Crippen LogP contribution < -0.4 is 4.90 Å². The molecule has 2 fully saturated rings. The van der Waals surface area contributed by atoms with Gasteiger partial charge in [0.25, 0.3) is 0 Å². The Labute approximate surface area is 139 Å². The zero-order chi connectivity index (χ0) is 17.3. The molecule has 1 amide bonds. The van der Waals surface area contributed by atoms with Crippen LogP contribution in [-0.2, 0) is 9.53 Å². The molecule has 2 aliphatic rings. The summed E-state index contributed by atoms with van der Waals surface area (Å²) in [5.41, 5.74) is -0.343. The fourth-order valence-corrected chi connectivity index (χ4v) is 3.50. The van der Waals surface area contributed by atoms with Crippen molar-refractivity contribution in [1.82, 2.24) is 4.90 Å². The molecule has 2 atom stereocenters. The molecule has 7 heteroatoms. The number of hydrogen-bond donors (Lipinski definition) is 0. The highest BCUT2D eigenvalue weighted by Gasteiger charge is 2.41. The smallest absolute Gasteiger partial charge is 0.245 e. The first-order valence-corrected chi connectivity index (χ1v) is 8.02. The Bertz CT molecular complexity index is 660. The van der Waals surface area contributed by atoms with Crippen molar-refractivity contribution in [2.24, 2.45) is 0 Å². The lowest BCUT2D eigenvalue weighted by Gasteiger charge is -2.29. The van der Waals surface area contributed by atoms with E-state index in [2.05, 4.69) is 0 Å². The predicted octanol–water partition coefficient (Wildman–Crippen LogP) is 2.05. The molecule has 3 rings (SSSR count). The molecule has 0 aromatic heterocycles. The monoisotopic (exact) mass is 335 g/mol. The van der Waals surface area contributed by atoms with E-state index >= 15 is 0 Å². The number of nitrogens with zero attached hydrogens (tertiary/aromatic N) is 3. The molecule has 0 spiro atoms. The second kappa shape index (κ2) is 6.73. The molecule has 0 bridgehead atoms. The molecular formula is C17H19F2N3O2. The molecule has 2 saturated heterocycles. The normalized spacial score (nSPS) is 23.6. The van der Waals surface area contributed by atoms with Gasteiger partial charge < -0.3 is 14.5 Å². The van der Waals surface area contributed by atoms with Crippen molar-refractivity contribution in [2.45, 2.75) is 31.4 Å². The quantitative estimate of drug-likeness (QED) is 0.848. The van der Waals surface area contributed by atoms with Crippen LogP contribution >= 0.6 is 0 Å². The van der Waals surface area contributed by atoms with Gasteiger partial charge in [0.1, 0.15) is 11.7 Å². The summed E-state index contributed by atoms with van der Waals surface area (Å²) in [5.74, 6) is -1.78. The zero-order valence-electron chi connectivity index (χ0n) is 13.5. The third-order valence-corrected chi connectivity index (χ3v) is 4.73. The van der Waals surface area contributed by atoms with Crippen LogP contribution in [0.25, 0.3) is 0 Å². The second-order valence-electron chi connectivity index (χ2n) is 6.19.